The van der Waals surface area contributed by atoms with Crippen molar-refractivity contribution in [2.75, 3.05) is 4.90 Å². The fourth-order valence-corrected chi connectivity index (χ4v) is 4.53. The SMILES string of the molecule is O=C1CCC(N2C(=O)c3cccc4c(Sc5ccccn5)ncc2c34)C(=O)N1. The zero-order chi connectivity index (χ0) is 19.3. The molecule has 7 nitrogen and oxygen atoms in total. The summed E-state index contributed by atoms with van der Waals surface area (Å²) in [6.07, 6.45) is 3.86. The molecular weight excluding hydrogens is 376 g/mol. The van der Waals surface area contributed by atoms with Crippen LogP contribution < -0.4 is 10.2 Å². The molecule has 3 amide bonds. The molecule has 0 spiro atoms. The Morgan fingerprint density at radius 1 is 1.07 bits per heavy atom. The van der Waals surface area contributed by atoms with Crippen LogP contribution in [0.2, 0.25) is 0 Å². The first-order chi connectivity index (χ1) is 13.6. The lowest BCUT2D eigenvalue weighted by Gasteiger charge is -2.30. The van der Waals surface area contributed by atoms with Crippen molar-refractivity contribution in [2.24, 2.45) is 0 Å². The van der Waals surface area contributed by atoms with Crippen molar-refractivity contribution < 1.29 is 14.4 Å². The second-order valence-corrected chi connectivity index (χ2v) is 7.60. The van der Waals surface area contributed by atoms with Crippen LogP contribution in [0.1, 0.15) is 23.2 Å². The number of rotatable bonds is 3. The Bertz CT molecular complexity index is 1150. The van der Waals surface area contributed by atoms with Crippen LogP contribution in [0.15, 0.2) is 58.8 Å². The average molecular weight is 390 g/mol. The number of hydrogen-bond acceptors (Lipinski definition) is 6. The molecule has 3 aromatic rings. The van der Waals surface area contributed by atoms with Crippen LogP contribution >= 0.6 is 11.8 Å². The number of aromatic nitrogens is 2. The van der Waals surface area contributed by atoms with E-state index in [9.17, 15) is 14.4 Å². The number of anilines is 1. The fourth-order valence-electron chi connectivity index (χ4n) is 3.69. The first-order valence-electron chi connectivity index (χ1n) is 8.81. The highest BCUT2D eigenvalue weighted by molar-refractivity contribution is 7.99. The predicted molar refractivity (Wildman–Crippen MR) is 103 cm³/mol. The summed E-state index contributed by atoms with van der Waals surface area (Å²) in [7, 11) is 0. The third-order valence-corrected chi connectivity index (χ3v) is 5.89. The topological polar surface area (TPSA) is 92.3 Å². The van der Waals surface area contributed by atoms with Crippen molar-refractivity contribution in [2.45, 2.75) is 28.9 Å². The molecule has 2 aromatic heterocycles. The van der Waals surface area contributed by atoms with Crippen LogP contribution in [0.3, 0.4) is 0 Å². The first-order valence-corrected chi connectivity index (χ1v) is 9.63. The summed E-state index contributed by atoms with van der Waals surface area (Å²) < 4.78 is 0. The summed E-state index contributed by atoms with van der Waals surface area (Å²) in [4.78, 5) is 47.3. The Hall–Kier alpha value is -3.26. The van der Waals surface area contributed by atoms with Gasteiger partial charge in [-0.1, -0.05) is 18.2 Å². The second kappa shape index (κ2) is 6.42. The number of carbonyl (C=O) groups excluding carboxylic acids is 3. The maximum absolute atomic E-state index is 13.1. The van der Waals surface area contributed by atoms with Gasteiger partial charge in [0.15, 0.2) is 0 Å². The number of imide groups is 1. The van der Waals surface area contributed by atoms with Gasteiger partial charge in [-0.05, 0) is 36.4 Å². The molecule has 28 heavy (non-hydrogen) atoms. The lowest BCUT2D eigenvalue weighted by atomic mass is 10.0. The number of benzene rings is 1. The molecular formula is C20H14N4O3S. The van der Waals surface area contributed by atoms with Crippen LogP contribution in [0.5, 0.6) is 0 Å². The van der Waals surface area contributed by atoms with Crippen molar-refractivity contribution >= 4 is 45.9 Å². The number of piperidine rings is 1. The van der Waals surface area contributed by atoms with Crippen molar-refractivity contribution in [1.29, 1.82) is 0 Å². The Morgan fingerprint density at radius 3 is 2.75 bits per heavy atom. The van der Waals surface area contributed by atoms with Crippen molar-refractivity contribution in [3.05, 3.63) is 54.4 Å². The molecule has 0 aliphatic carbocycles. The molecule has 2 aliphatic heterocycles. The largest absolute Gasteiger partial charge is 0.295 e. The second-order valence-electron chi connectivity index (χ2n) is 6.59. The lowest BCUT2D eigenvalue weighted by molar-refractivity contribution is -0.134. The van der Waals surface area contributed by atoms with Gasteiger partial charge in [-0.3, -0.25) is 24.6 Å². The van der Waals surface area contributed by atoms with Crippen LogP contribution in [0, 0.1) is 0 Å². The number of nitrogens with zero attached hydrogens (tertiary/aromatic N) is 3. The molecule has 1 unspecified atom stereocenters. The van der Waals surface area contributed by atoms with E-state index in [0.29, 0.717) is 17.7 Å². The molecule has 1 fully saturated rings. The van der Waals surface area contributed by atoms with Gasteiger partial charge in [0.1, 0.15) is 16.1 Å². The van der Waals surface area contributed by atoms with E-state index >= 15 is 0 Å². The minimum atomic E-state index is -0.711. The lowest BCUT2D eigenvalue weighted by Crippen LogP contribution is -2.53. The number of amides is 3. The minimum Gasteiger partial charge on any atom is -0.295 e. The molecule has 1 aromatic carbocycles. The highest BCUT2D eigenvalue weighted by Crippen LogP contribution is 2.42. The van der Waals surface area contributed by atoms with Gasteiger partial charge in [-0.25, -0.2) is 9.97 Å². The van der Waals surface area contributed by atoms with E-state index < -0.39 is 11.9 Å². The van der Waals surface area contributed by atoms with Gasteiger partial charge in [-0.15, -0.1) is 0 Å². The van der Waals surface area contributed by atoms with E-state index in [-0.39, 0.29) is 18.2 Å². The van der Waals surface area contributed by atoms with E-state index in [0.717, 1.165) is 20.8 Å². The molecule has 1 atom stereocenters. The first kappa shape index (κ1) is 16.9. The predicted octanol–water partition coefficient (Wildman–Crippen LogP) is 2.55. The summed E-state index contributed by atoms with van der Waals surface area (Å²) in [5, 5.41) is 5.50. The maximum atomic E-state index is 13.1. The van der Waals surface area contributed by atoms with E-state index in [1.807, 2.05) is 30.3 Å². The average Bonchev–Trinajstić information content (AvgIpc) is 2.98. The van der Waals surface area contributed by atoms with Gasteiger partial charge in [0.25, 0.3) is 5.91 Å². The fraction of sp³-hybridized carbons (Fsp3) is 0.150. The molecule has 4 heterocycles. The Morgan fingerprint density at radius 2 is 1.96 bits per heavy atom. The standard InChI is InChI=1S/C20H14N4O3S/c25-15-8-7-13(18(26)23-15)24-14-10-22-19(28-16-6-1-2-9-21-16)11-4-3-5-12(17(11)14)20(24)27/h1-6,9-10,13H,7-8H2,(H,23,25,26). The zero-order valence-electron chi connectivity index (χ0n) is 14.6. The van der Waals surface area contributed by atoms with Crippen LogP contribution in [0.4, 0.5) is 5.69 Å². The number of pyridine rings is 2. The number of hydrogen-bond donors (Lipinski definition) is 1. The van der Waals surface area contributed by atoms with E-state index in [2.05, 4.69) is 15.3 Å². The third kappa shape index (κ3) is 2.56. The zero-order valence-corrected chi connectivity index (χ0v) is 15.4. The molecule has 1 saturated heterocycles. The van der Waals surface area contributed by atoms with Gasteiger partial charge in [0.2, 0.25) is 11.8 Å². The maximum Gasteiger partial charge on any atom is 0.259 e. The summed E-state index contributed by atoms with van der Waals surface area (Å²) in [5.41, 5.74) is 1.15. The van der Waals surface area contributed by atoms with Crippen molar-refractivity contribution in [3.8, 4) is 0 Å². The van der Waals surface area contributed by atoms with Gasteiger partial charge in [-0.2, -0.15) is 0 Å². The Balaban J connectivity index is 1.61. The van der Waals surface area contributed by atoms with Crippen molar-refractivity contribution in [3.63, 3.8) is 0 Å². The molecule has 0 radical (unpaired) electrons. The number of nitrogens with one attached hydrogen (secondary N) is 1. The van der Waals surface area contributed by atoms with Crippen LogP contribution in [-0.4, -0.2) is 33.7 Å². The monoisotopic (exact) mass is 390 g/mol. The van der Waals surface area contributed by atoms with Gasteiger partial charge < -0.3 is 0 Å². The van der Waals surface area contributed by atoms with E-state index in [4.69, 9.17) is 0 Å². The van der Waals surface area contributed by atoms with E-state index in [1.54, 1.807) is 18.5 Å². The van der Waals surface area contributed by atoms with E-state index in [1.165, 1.54) is 16.7 Å². The molecule has 138 valence electrons. The minimum absolute atomic E-state index is 0.209. The summed E-state index contributed by atoms with van der Waals surface area (Å²) in [5.74, 6) is -0.995. The normalized spacial score (nSPS) is 18.6. The molecule has 2 aliphatic rings. The highest BCUT2D eigenvalue weighted by atomic mass is 32.2. The Kier molecular flexibility index (Phi) is 3.87. The van der Waals surface area contributed by atoms with Crippen LogP contribution in [-0.2, 0) is 9.59 Å². The summed E-state index contributed by atoms with van der Waals surface area (Å²) in [6, 6.07) is 10.4. The van der Waals surface area contributed by atoms with Gasteiger partial charge in [0, 0.05) is 23.4 Å². The van der Waals surface area contributed by atoms with Crippen LogP contribution in [0.25, 0.3) is 10.8 Å². The molecule has 1 N–H and O–H groups in total. The highest BCUT2D eigenvalue weighted by Gasteiger charge is 2.41. The van der Waals surface area contributed by atoms with Crippen molar-refractivity contribution in [1.82, 2.24) is 15.3 Å². The Labute approximate surface area is 164 Å². The summed E-state index contributed by atoms with van der Waals surface area (Å²) in [6.45, 7) is 0. The molecule has 8 heteroatoms. The number of carbonyl (C=O) groups is 3. The third-order valence-electron chi connectivity index (χ3n) is 4.92. The smallest absolute Gasteiger partial charge is 0.259 e. The molecule has 0 bridgehead atoms. The molecule has 0 saturated carbocycles. The molecule has 5 rings (SSSR count). The van der Waals surface area contributed by atoms with Gasteiger partial charge >= 0.3 is 0 Å². The quantitative estimate of drug-likeness (QED) is 0.691. The summed E-state index contributed by atoms with van der Waals surface area (Å²) >= 11 is 1.43. The van der Waals surface area contributed by atoms with Gasteiger partial charge in [0.05, 0.1) is 17.4 Å².